The fourth-order valence-electron chi connectivity index (χ4n) is 2.75. The molecule has 98 valence electrons. The number of anilines is 2. The topological polar surface area (TPSA) is 54.6 Å². The molecular formula is C13H20N4O. The monoisotopic (exact) mass is 248 g/mol. The summed E-state index contributed by atoms with van der Waals surface area (Å²) in [5, 5.41) is 0. The summed E-state index contributed by atoms with van der Waals surface area (Å²) in [4.78, 5) is 8.91. The van der Waals surface area contributed by atoms with E-state index in [1.807, 2.05) is 6.07 Å². The summed E-state index contributed by atoms with van der Waals surface area (Å²) in [6.07, 6.45) is 3.53. The molecule has 2 N–H and O–H groups in total. The van der Waals surface area contributed by atoms with E-state index in [1.165, 1.54) is 0 Å². The molecule has 0 amide bonds. The van der Waals surface area contributed by atoms with Gasteiger partial charge in [-0.15, -0.1) is 0 Å². The smallest absolute Gasteiger partial charge is 0.0738 e. The number of hydrogen-bond donors (Lipinski definition) is 1. The van der Waals surface area contributed by atoms with E-state index in [0.717, 1.165) is 50.8 Å². The van der Waals surface area contributed by atoms with Crippen LogP contribution in [-0.2, 0) is 4.74 Å². The van der Waals surface area contributed by atoms with E-state index in [1.54, 1.807) is 12.4 Å². The van der Waals surface area contributed by atoms with Gasteiger partial charge < -0.3 is 15.4 Å². The Balaban J connectivity index is 1.65. The largest absolute Gasteiger partial charge is 0.396 e. The van der Waals surface area contributed by atoms with E-state index in [-0.39, 0.29) is 5.54 Å². The molecule has 2 aliphatic heterocycles. The Morgan fingerprint density at radius 3 is 2.56 bits per heavy atom. The molecule has 3 rings (SSSR count). The van der Waals surface area contributed by atoms with Crippen molar-refractivity contribution in [1.82, 2.24) is 9.88 Å². The van der Waals surface area contributed by atoms with Crippen LogP contribution in [0.5, 0.6) is 0 Å². The fourth-order valence-corrected chi connectivity index (χ4v) is 2.75. The predicted octanol–water partition coefficient (Wildman–Crippen LogP) is 0.575. The van der Waals surface area contributed by atoms with Gasteiger partial charge >= 0.3 is 0 Å². The second-order valence-electron chi connectivity index (χ2n) is 5.40. The summed E-state index contributed by atoms with van der Waals surface area (Å²) in [5.74, 6) is 0. The summed E-state index contributed by atoms with van der Waals surface area (Å²) in [7, 11) is 0. The molecule has 0 spiro atoms. The molecule has 0 radical (unpaired) electrons. The molecule has 18 heavy (non-hydrogen) atoms. The summed E-state index contributed by atoms with van der Waals surface area (Å²) >= 11 is 0. The van der Waals surface area contributed by atoms with Crippen molar-refractivity contribution >= 4 is 11.4 Å². The number of nitrogen functional groups attached to an aromatic ring is 1. The van der Waals surface area contributed by atoms with E-state index < -0.39 is 0 Å². The van der Waals surface area contributed by atoms with Gasteiger partial charge in [0.05, 0.1) is 36.3 Å². The van der Waals surface area contributed by atoms with Gasteiger partial charge in [0.15, 0.2) is 0 Å². The van der Waals surface area contributed by atoms with Crippen LogP contribution in [0.2, 0.25) is 0 Å². The normalized spacial score (nSPS) is 23.7. The Bertz CT molecular complexity index is 425. The fraction of sp³-hybridized carbons (Fsp3) is 0.615. The van der Waals surface area contributed by atoms with Crippen molar-refractivity contribution in [2.24, 2.45) is 0 Å². The van der Waals surface area contributed by atoms with Crippen LogP contribution >= 0.6 is 0 Å². The molecule has 0 aliphatic carbocycles. The van der Waals surface area contributed by atoms with Gasteiger partial charge in [-0.05, 0) is 13.0 Å². The molecule has 2 aliphatic rings. The van der Waals surface area contributed by atoms with E-state index in [9.17, 15) is 0 Å². The number of aromatic nitrogens is 1. The van der Waals surface area contributed by atoms with Crippen molar-refractivity contribution in [1.29, 1.82) is 0 Å². The maximum atomic E-state index is 5.97. The lowest BCUT2D eigenvalue weighted by Gasteiger charge is -2.50. The average molecular weight is 248 g/mol. The number of rotatable bonds is 2. The van der Waals surface area contributed by atoms with Crippen LogP contribution in [0.1, 0.15) is 6.92 Å². The van der Waals surface area contributed by atoms with Crippen LogP contribution in [0.4, 0.5) is 11.4 Å². The Kier molecular flexibility index (Phi) is 2.87. The molecule has 2 fully saturated rings. The third kappa shape index (κ3) is 1.93. The number of nitrogens with zero attached hydrogens (tertiary/aromatic N) is 3. The van der Waals surface area contributed by atoms with Crippen LogP contribution in [0.3, 0.4) is 0 Å². The molecule has 0 bridgehead atoms. The Hall–Kier alpha value is -1.33. The SMILES string of the molecule is CC1(N2CCN(c3ccncc3N)CC2)COC1. The molecule has 5 nitrogen and oxygen atoms in total. The molecule has 1 aromatic heterocycles. The summed E-state index contributed by atoms with van der Waals surface area (Å²) in [6.45, 7) is 8.19. The van der Waals surface area contributed by atoms with Gasteiger partial charge in [0.25, 0.3) is 0 Å². The molecule has 0 saturated carbocycles. The second-order valence-corrected chi connectivity index (χ2v) is 5.40. The van der Waals surface area contributed by atoms with Crippen LogP contribution < -0.4 is 10.6 Å². The molecular weight excluding hydrogens is 228 g/mol. The third-order valence-corrected chi connectivity index (χ3v) is 4.04. The molecule has 0 unspecified atom stereocenters. The Labute approximate surface area is 108 Å². The zero-order chi connectivity index (χ0) is 12.6. The van der Waals surface area contributed by atoms with Gasteiger partial charge in [0, 0.05) is 32.4 Å². The third-order valence-electron chi connectivity index (χ3n) is 4.04. The first-order chi connectivity index (χ1) is 8.69. The van der Waals surface area contributed by atoms with Gasteiger partial charge in [0.1, 0.15) is 0 Å². The van der Waals surface area contributed by atoms with Gasteiger partial charge in [-0.25, -0.2) is 0 Å². The first-order valence-electron chi connectivity index (χ1n) is 6.46. The van der Waals surface area contributed by atoms with Gasteiger partial charge in [-0.3, -0.25) is 9.88 Å². The first kappa shape index (κ1) is 11.7. The minimum atomic E-state index is 0.260. The minimum Gasteiger partial charge on any atom is -0.396 e. The molecule has 3 heterocycles. The van der Waals surface area contributed by atoms with E-state index in [4.69, 9.17) is 10.5 Å². The number of nitrogens with two attached hydrogens (primary N) is 1. The summed E-state index contributed by atoms with van der Waals surface area (Å²) in [6, 6.07) is 2.00. The average Bonchev–Trinajstić information content (AvgIpc) is 2.37. The zero-order valence-corrected chi connectivity index (χ0v) is 10.8. The predicted molar refractivity (Wildman–Crippen MR) is 71.7 cm³/mol. The van der Waals surface area contributed by atoms with E-state index in [2.05, 4.69) is 21.7 Å². The quantitative estimate of drug-likeness (QED) is 0.829. The van der Waals surface area contributed by atoms with Gasteiger partial charge in [-0.2, -0.15) is 0 Å². The number of hydrogen-bond acceptors (Lipinski definition) is 5. The van der Waals surface area contributed by atoms with Crippen molar-refractivity contribution in [3.05, 3.63) is 18.5 Å². The van der Waals surface area contributed by atoms with Gasteiger partial charge in [-0.1, -0.05) is 0 Å². The molecule has 0 aromatic carbocycles. The highest BCUT2D eigenvalue weighted by Crippen LogP contribution is 2.28. The van der Waals surface area contributed by atoms with E-state index in [0.29, 0.717) is 0 Å². The highest BCUT2D eigenvalue weighted by atomic mass is 16.5. The number of pyridine rings is 1. The Morgan fingerprint density at radius 1 is 1.28 bits per heavy atom. The standard InChI is InChI=1S/C13H20N4O/c1-13(9-18-10-13)17-6-4-16(5-7-17)12-2-3-15-8-11(12)14/h2-3,8H,4-7,9-10,14H2,1H3. The minimum absolute atomic E-state index is 0.260. The number of ether oxygens (including phenoxy) is 1. The van der Waals surface area contributed by atoms with Crippen molar-refractivity contribution in [2.45, 2.75) is 12.5 Å². The van der Waals surface area contributed by atoms with Crippen LogP contribution in [0.25, 0.3) is 0 Å². The maximum Gasteiger partial charge on any atom is 0.0738 e. The van der Waals surface area contributed by atoms with Gasteiger partial charge in [0.2, 0.25) is 0 Å². The van der Waals surface area contributed by atoms with Crippen LogP contribution in [-0.4, -0.2) is 54.8 Å². The lowest BCUT2D eigenvalue weighted by Crippen LogP contribution is -2.64. The highest BCUT2D eigenvalue weighted by molar-refractivity contribution is 5.66. The number of piperazine rings is 1. The lowest BCUT2D eigenvalue weighted by molar-refractivity contribution is -0.131. The molecule has 0 atom stereocenters. The summed E-state index contributed by atoms with van der Waals surface area (Å²) in [5.41, 5.74) is 8.11. The van der Waals surface area contributed by atoms with Crippen molar-refractivity contribution < 1.29 is 4.74 Å². The molecule has 1 aromatic rings. The molecule has 2 saturated heterocycles. The van der Waals surface area contributed by atoms with Crippen molar-refractivity contribution in [3.8, 4) is 0 Å². The molecule has 5 heteroatoms. The maximum absolute atomic E-state index is 5.97. The van der Waals surface area contributed by atoms with Crippen molar-refractivity contribution in [2.75, 3.05) is 50.0 Å². The summed E-state index contributed by atoms with van der Waals surface area (Å²) < 4.78 is 5.34. The second kappa shape index (κ2) is 4.40. The van der Waals surface area contributed by atoms with Crippen molar-refractivity contribution in [3.63, 3.8) is 0 Å². The van der Waals surface area contributed by atoms with E-state index >= 15 is 0 Å². The Morgan fingerprint density at radius 2 is 2.00 bits per heavy atom. The lowest BCUT2D eigenvalue weighted by atomic mass is 9.97. The van der Waals surface area contributed by atoms with Crippen LogP contribution in [0, 0.1) is 0 Å². The first-order valence-corrected chi connectivity index (χ1v) is 6.46. The van der Waals surface area contributed by atoms with Crippen LogP contribution in [0.15, 0.2) is 18.5 Å². The zero-order valence-electron chi connectivity index (χ0n) is 10.8. The highest BCUT2D eigenvalue weighted by Gasteiger charge is 2.40.